The van der Waals surface area contributed by atoms with Crippen LogP contribution in [0.2, 0.25) is 0 Å². The third-order valence-electron chi connectivity index (χ3n) is 5.36. The van der Waals surface area contributed by atoms with E-state index in [1.54, 1.807) is 49.6 Å². The molecule has 3 aromatic carbocycles. The topological polar surface area (TPSA) is 96.7 Å². The lowest BCUT2D eigenvalue weighted by atomic mass is 10.1. The van der Waals surface area contributed by atoms with Crippen LogP contribution in [-0.2, 0) is 10.0 Å². The molecule has 10 heteroatoms. The van der Waals surface area contributed by atoms with Crippen molar-refractivity contribution in [3.63, 3.8) is 0 Å². The molecule has 4 aromatic rings. The van der Waals surface area contributed by atoms with Crippen LogP contribution in [0.25, 0.3) is 10.9 Å². The van der Waals surface area contributed by atoms with Crippen LogP contribution in [0.4, 0.5) is 4.39 Å². The molecule has 0 fully saturated rings. The fraction of sp³-hybridized carbons (Fsp3) is 0.200. The average Bonchev–Trinajstić information content (AvgIpc) is 3.25. The van der Waals surface area contributed by atoms with Gasteiger partial charge >= 0.3 is 0 Å². The third kappa shape index (κ3) is 5.12. The predicted molar refractivity (Wildman–Crippen MR) is 127 cm³/mol. The number of carbonyl (C=O) groups excluding carboxylic acids is 1. The van der Waals surface area contributed by atoms with Gasteiger partial charge in [0.05, 0.1) is 36.6 Å². The molecule has 0 atom stereocenters. The molecule has 1 aromatic heterocycles. The number of fused-ring (bicyclic) bond motifs is 1. The van der Waals surface area contributed by atoms with E-state index in [-0.39, 0.29) is 35.1 Å². The smallest absolute Gasteiger partial charge is 0.283 e. The molecule has 8 nitrogen and oxygen atoms in total. The lowest BCUT2D eigenvalue weighted by molar-refractivity contribution is 0.0973. The molecule has 0 spiro atoms. The van der Waals surface area contributed by atoms with Gasteiger partial charge in [0.25, 0.3) is 10.0 Å². The zero-order valence-electron chi connectivity index (χ0n) is 19.1. The van der Waals surface area contributed by atoms with E-state index in [9.17, 15) is 17.6 Å². The summed E-state index contributed by atoms with van der Waals surface area (Å²) in [7, 11) is -1.07. The van der Waals surface area contributed by atoms with Crippen LogP contribution in [0, 0.1) is 5.82 Å². The van der Waals surface area contributed by atoms with Crippen molar-refractivity contribution in [2.75, 3.05) is 20.8 Å². The molecule has 0 amide bonds. The SMILES string of the molecule is COc1ccc(C(=O)CCCOc2nn(S(=O)(=O)c3ccc(F)cc3)c3ccc(OC)cc23)cc1. The number of halogens is 1. The first-order valence-corrected chi connectivity index (χ1v) is 12.2. The normalized spacial score (nSPS) is 11.4. The molecule has 0 radical (unpaired) electrons. The van der Waals surface area contributed by atoms with Gasteiger partial charge < -0.3 is 14.2 Å². The van der Waals surface area contributed by atoms with Crippen LogP contribution in [0.3, 0.4) is 0 Å². The van der Waals surface area contributed by atoms with Gasteiger partial charge in [0.2, 0.25) is 5.88 Å². The molecule has 182 valence electrons. The number of carbonyl (C=O) groups is 1. The predicted octanol–water partition coefficient (Wildman–Crippen LogP) is 4.47. The van der Waals surface area contributed by atoms with Gasteiger partial charge in [0.15, 0.2) is 5.78 Å². The van der Waals surface area contributed by atoms with Crippen LogP contribution in [-0.4, -0.2) is 44.2 Å². The van der Waals surface area contributed by atoms with E-state index in [4.69, 9.17) is 14.2 Å². The molecule has 0 bridgehead atoms. The Morgan fingerprint density at radius 3 is 2.26 bits per heavy atom. The van der Waals surface area contributed by atoms with Gasteiger partial charge in [-0.1, -0.05) is 0 Å². The minimum atomic E-state index is -4.11. The Labute approximate surface area is 201 Å². The van der Waals surface area contributed by atoms with Crippen LogP contribution in [0.5, 0.6) is 17.4 Å². The maximum absolute atomic E-state index is 13.3. The number of ether oxygens (including phenoxy) is 3. The number of aromatic nitrogens is 2. The monoisotopic (exact) mass is 498 g/mol. The lowest BCUT2D eigenvalue weighted by Gasteiger charge is -2.06. The molecular formula is C25H23FN2O6S. The Morgan fingerprint density at radius 2 is 1.60 bits per heavy atom. The third-order valence-corrected chi connectivity index (χ3v) is 6.96. The maximum atomic E-state index is 13.3. The molecule has 0 saturated carbocycles. The van der Waals surface area contributed by atoms with Crippen molar-refractivity contribution in [3.8, 4) is 17.4 Å². The number of methoxy groups -OCH3 is 2. The number of benzene rings is 3. The van der Waals surface area contributed by atoms with E-state index in [0.29, 0.717) is 28.9 Å². The lowest BCUT2D eigenvalue weighted by Crippen LogP contribution is -2.14. The molecule has 0 unspecified atom stereocenters. The van der Waals surface area contributed by atoms with E-state index in [1.165, 1.54) is 19.2 Å². The highest BCUT2D eigenvalue weighted by atomic mass is 32.2. The van der Waals surface area contributed by atoms with Crippen molar-refractivity contribution in [3.05, 3.63) is 78.1 Å². The van der Waals surface area contributed by atoms with Gasteiger partial charge in [0.1, 0.15) is 17.3 Å². The molecule has 0 saturated heterocycles. The van der Waals surface area contributed by atoms with Crippen LogP contribution in [0.1, 0.15) is 23.2 Å². The van der Waals surface area contributed by atoms with Gasteiger partial charge in [-0.15, -0.1) is 9.19 Å². The second-order valence-electron chi connectivity index (χ2n) is 7.59. The zero-order valence-corrected chi connectivity index (χ0v) is 19.9. The zero-order chi connectivity index (χ0) is 25.0. The first kappa shape index (κ1) is 24.2. The number of rotatable bonds is 10. The summed E-state index contributed by atoms with van der Waals surface area (Å²) >= 11 is 0. The maximum Gasteiger partial charge on any atom is 0.283 e. The minimum absolute atomic E-state index is 0.0489. The molecule has 0 aliphatic carbocycles. The van der Waals surface area contributed by atoms with Gasteiger partial charge in [-0.3, -0.25) is 4.79 Å². The summed E-state index contributed by atoms with van der Waals surface area (Å²) in [5.41, 5.74) is 0.843. The molecule has 0 N–H and O–H groups in total. The Hall–Kier alpha value is -3.92. The summed E-state index contributed by atoms with van der Waals surface area (Å²) in [6.07, 6.45) is 0.635. The molecule has 4 rings (SSSR count). The molecule has 1 heterocycles. The van der Waals surface area contributed by atoms with Gasteiger partial charge in [-0.25, -0.2) is 4.39 Å². The summed E-state index contributed by atoms with van der Waals surface area (Å²) in [6.45, 7) is 0.141. The highest BCUT2D eigenvalue weighted by Gasteiger charge is 2.24. The first-order chi connectivity index (χ1) is 16.8. The van der Waals surface area contributed by atoms with Crippen molar-refractivity contribution in [1.29, 1.82) is 0 Å². The summed E-state index contributed by atoms with van der Waals surface area (Å²) in [4.78, 5) is 12.3. The fourth-order valence-electron chi connectivity index (χ4n) is 3.49. The van der Waals surface area contributed by atoms with Crippen LogP contribution in [0.15, 0.2) is 71.6 Å². The van der Waals surface area contributed by atoms with Gasteiger partial charge in [-0.2, -0.15) is 8.42 Å². The summed E-state index contributed by atoms with van der Waals surface area (Å²) in [5.74, 6) is 0.648. The molecular weight excluding hydrogens is 475 g/mol. The molecule has 0 aliphatic heterocycles. The number of hydrogen-bond acceptors (Lipinski definition) is 7. The molecule has 35 heavy (non-hydrogen) atoms. The van der Waals surface area contributed by atoms with Crippen molar-refractivity contribution >= 4 is 26.7 Å². The fourth-order valence-corrected chi connectivity index (χ4v) is 4.77. The van der Waals surface area contributed by atoms with E-state index in [2.05, 4.69) is 5.10 Å². The summed E-state index contributed by atoms with van der Waals surface area (Å²) < 4.78 is 56.7. The second kappa shape index (κ2) is 10.1. The Kier molecular flexibility index (Phi) is 7.02. The van der Waals surface area contributed by atoms with Crippen LogP contribution >= 0.6 is 0 Å². The highest BCUT2D eigenvalue weighted by molar-refractivity contribution is 7.90. The van der Waals surface area contributed by atoms with Crippen molar-refractivity contribution in [1.82, 2.24) is 9.19 Å². The first-order valence-electron chi connectivity index (χ1n) is 10.7. The summed E-state index contributed by atoms with van der Waals surface area (Å²) in [5, 5.41) is 4.61. The van der Waals surface area contributed by atoms with Crippen molar-refractivity contribution in [2.45, 2.75) is 17.7 Å². The van der Waals surface area contributed by atoms with Crippen molar-refractivity contribution < 1.29 is 31.8 Å². The molecule has 0 aliphatic rings. The largest absolute Gasteiger partial charge is 0.497 e. The van der Waals surface area contributed by atoms with E-state index >= 15 is 0 Å². The Bertz CT molecular complexity index is 1450. The second-order valence-corrected chi connectivity index (χ2v) is 9.36. The number of nitrogens with zero attached hydrogens (tertiary/aromatic N) is 2. The van der Waals surface area contributed by atoms with Gasteiger partial charge in [-0.05, 0) is 73.2 Å². The van der Waals surface area contributed by atoms with Gasteiger partial charge in [0, 0.05) is 12.0 Å². The average molecular weight is 499 g/mol. The van der Waals surface area contributed by atoms with E-state index in [1.807, 2.05) is 0 Å². The number of Topliss-reactive ketones (excluding diaryl/α,β-unsaturated/α-hetero) is 1. The van der Waals surface area contributed by atoms with E-state index < -0.39 is 15.8 Å². The summed E-state index contributed by atoms with van der Waals surface area (Å²) in [6, 6.07) is 16.1. The minimum Gasteiger partial charge on any atom is -0.497 e. The standard InChI is InChI=1S/C25H23FN2O6S/c1-32-19-9-5-17(6-10-19)24(29)4-3-15-34-25-22-16-20(33-2)11-14-23(22)28(27-25)35(30,31)21-12-7-18(26)8-13-21/h5-14,16H,3-4,15H2,1-2H3. The van der Waals surface area contributed by atoms with Crippen LogP contribution < -0.4 is 14.2 Å². The Morgan fingerprint density at radius 1 is 0.943 bits per heavy atom. The highest BCUT2D eigenvalue weighted by Crippen LogP contribution is 2.31. The Balaban J connectivity index is 1.54. The number of hydrogen-bond donors (Lipinski definition) is 0. The van der Waals surface area contributed by atoms with E-state index in [0.717, 1.165) is 16.2 Å². The number of ketones is 1. The quantitative estimate of drug-likeness (QED) is 0.235. The van der Waals surface area contributed by atoms with Crippen molar-refractivity contribution in [2.24, 2.45) is 0 Å².